The molecule has 0 aliphatic rings. The average molecular weight is 242 g/mol. The highest BCUT2D eigenvalue weighted by Gasteiger charge is 2.14. The Morgan fingerprint density at radius 1 is 1.00 bits per heavy atom. The minimum Gasteiger partial charge on any atom is -0.496 e. The molecule has 1 atom stereocenters. The van der Waals surface area contributed by atoms with E-state index in [1.54, 1.807) is 19.2 Å². The highest BCUT2D eigenvalue weighted by atomic mass is 16.5. The maximum Gasteiger partial charge on any atom is 0.164 e. The third-order valence-electron chi connectivity index (χ3n) is 2.45. The van der Waals surface area contributed by atoms with Crippen molar-refractivity contribution in [3.05, 3.63) is 17.7 Å². The maximum atomic E-state index is 9.44. The fraction of sp³-hybridized carbons (Fsp3) is 0.500. The Balaban J connectivity index is 3.09. The van der Waals surface area contributed by atoms with E-state index < -0.39 is 6.10 Å². The van der Waals surface area contributed by atoms with Gasteiger partial charge in [-0.05, 0) is 6.07 Å². The smallest absolute Gasteiger partial charge is 0.164 e. The first-order valence-electron chi connectivity index (χ1n) is 5.24. The molecule has 0 amide bonds. The maximum absolute atomic E-state index is 9.44. The number of aliphatic hydroxyl groups excluding tert-OH is 2. The topological polar surface area (TPSA) is 68.2 Å². The summed E-state index contributed by atoms with van der Waals surface area (Å²) < 4.78 is 15.5. The summed E-state index contributed by atoms with van der Waals surface area (Å²) in [7, 11) is 4.62. The van der Waals surface area contributed by atoms with Crippen LogP contribution in [0.5, 0.6) is 17.2 Å². The summed E-state index contributed by atoms with van der Waals surface area (Å²) in [6, 6.07) is 3.43. The van der Waals surface area contributed by atoms with Crippen molar-refractivity contribution in [3.8, 4) is 17.2 Å². The van der Waals surface area contributed by atoms with E-state index in [0.29, 0.717) is 23.7 Å². The Hall–Kier alpha value is -1.46. The van der Waals surface area contributed by atoms with Crippen molar-refractivity contribution in [2.24, 2.45) is 0 Å². The van der Waals surface area contributed by atoms with Crippen LogP contribution in [0.3, 0.4) is 0 Å². The van der Waals surface area contributed by atoms with Gasteiger partial charge in [0.2, 0.25) is 0 Å². The van der Waals surface area contributed by atoms with E-state index in [2.05, 4.69) is 0 Å². The Morgan fingerprint density at radius 2 is 1.53 bits per heavy atom. The van der Waals surface area contributed by atoms with Crippen LogP contribution in [0.1, 0.15) is 5.56 Å². The molecule has 0 spiro atoms. The number of rotatable bonds is 6. The molecule has 0 unspecified atom stereocenters. The fourth-order valence-corrected chi connectivity index (χ4v) is 1.57. The molecule has 0 saturated carbocycles. The lowest BCUT2D eigenvalue weighted by Crippen LogP contribution is -2.15. The second kappa shape index (κ2) is 6.32. The van der Waals surface area contributed by atoms with E-state index in [9.17, 15) is 5.11 Å². The average Bonchev–Trinajstić information content (AvgIpc) is 2.37. The van der Waals surface area contributed by atoms with Crippen LogP contribution in [-0.4, -0.2) is 44.3 Å². The quantitative estimate of drug-likeness (QED) is 0.765. The minimum absolute atomic E-state index is 0.292. The lowest BCUT2D eigenvalue weighted by atomic mass is 10.1. The van der Waals surface area contributed by atoms with Crippen molar-refractivity contribution >= 4 is 0 Å². The third kappa shape index (κ3) is 3.25. The van der Waals surface area contributed by atoms with Gasteiger partial charge in [-0.1, -0.05) is 0 Å². The first-order valence-corrected chi connectivity index (χ1v) is 5.24. The van der Waals surface area contributed by atoms with Crippen LogP contribution in [0.4, 0.5) is 0 Å². The molecule has 0 bridgehead atoms. The Morgan fingerprint density at radius 3 is 2.00 bits per heavy atom. The summed E-state index contributed by atoms with van der Waals surface area (Å²) in [5.41, 5.74) is 0.756. The molecule has 2 N–H and O–H groups in total. The van der Waals surface area contributed by atoms with Crippen molar-refractivity contribution in [2.45, 2.75) is 12.5 Å². The summed E-state index contributed by atoms with van der Waals surface area (Å²) in [5, 5.41) is 18.3. The second-order valence-corrected chi connectivity index (χ2v) is 3.56. The summed E-state index contributed by atoms with van der Waals surface area (Å²) in [5.74, 6) is 1.72. The number of aliphatic hydroxyl groups is 2. The number of hydrogen-bond donors (Lipinski definition) is 2. The molecule has 17 heavy (non-hydrogen) atoms. The molecule has 1 aromatic carbocycles. The van der Waals surface area contributed by atoms with Crippen LogP contribution in [0.15, 0.2) is 12.1 Å². The monoisotopic (exact) mass is 242 g/mol. The van der Waals surface area contributed by atoms with E-state index in [4.69, 9.17) is 19.3 Å². The van der Waals surface area contributed by atoms with Gasteiger partial charge in [0.05, 0.1) is 34.0 Å². The Labute approximate surface area is 101 Å². The van der Waals surface area contributed by atoms with Crippen molar-refractivity contribution in [3.63, 3.8) is 0 Å². The second-order valence-electron chi connectivity index (χ2n) is 3.56. The van der Waals surface area contributed by atoms with E-state index in [-0.39, 0.29) is 6.61 Å². The van der Waals surface area contributed by atoms with E-state index in [1.807, 2.05) is 0 Å². The highest BCUT2D eigenvalue weighted by Crippen LogP contribution is 2.35. The fourth-order valence-electron chi connectivity index (χ4n) is 1.57. The van der Waals surface area contributed by atoms with Crippen LogP contribution < -0.4 is 14.2 Å². The lowest BCUT2D eigenvalue weighted by molar-refractivity contribution is 0.0949. The molecule has 1 rings (SSSR count). The first-order chi connectivity index (χ1) is 8.15. The molecule has 5 nitrogen and oxygen atoms in total. The highest BCUT2D eigenvalue weighted by molar-refractivity contribution is 5.50. The first kappa shape index (κ1) is 13.6. The summed E-state index contributed by atoms with van der Waals surface area (Å²) in [6.07, 6.45) is -0.526. The van der Waals surface area contributed by atoms with E-state index in [1.165, 1.54) is 14.2 Å². The molecule has 0 aliphatic carbocycles. The molecule has 1 aromatic rings. The minimum atomic E-state index is -0.818. The van der Waals surface area contributed by atoms with Gasteiger partial charge < -0.3 is 24.4 Å². The van der Waals surface area contributed by atoms with Gasteiger partial charge in [-0.25, -0.2) is 0 Å². The number of ether oxygens (including phenoxy) is 3. The van der Waals surface area contributed by atoms with Gasteiger partial charge in [-0.3, -0.25) is 0 Å². The molecule has 96 valence electrons. The molecule has 5 heteroatoms. The lowest BCUT2D eigenvalue weighted by Gasteiger charge is -2.15. The molecule has 0 fully saturated rings. The van der Waals surface area contributed by atoms with Gasteiger partial charge in [-0.15, -0.1) is 0 Å². The normalized spacial score (nSPS) is 12.1. The van der Waals surface area contributed by atoms with Crippen molar-refractivity contribution in [1.82, 2.24) is 0 Å². The zero-order valence-electron chi connectivity index (χ0n) is 10.3. The van der Waals surface area contributed by atoms with Crippen molar-refractivity contribution in [2.75, 3.05) is 27.9 Å². The number of benzene rings is 1. The van der Waals surface area contributed by atoms with Crippen LogP contribution >= 0.6 is 0 Å². The zero-order valence-corrected chi connectivity index (χ0v) is 10.3. The van der Waals surface area contributed by atoms with Gasteiger partial charge in [0, 0.05) is 18.1 Å². The van der Waals surface area contributed by atoms with Gasteiger partial charge in [0.1, 0.15) is 5.75 Å². The SMILES string of the molecule is COc1cc(OC)c(OC)cc1C[C@H](O)CO. The van der Waals surface area contributed by atoms with Gasteiger partial charge in [0.25, 0.3) is 0 Å². The van der Waals surface area contributed by atoms with Crippen LogP contribution in [0.2, 0.25) is 0 Å². The Bertz CT molecular complexity index is 364. The predicted molar refractivity (Wildman–Crippen MR) is 62.9 cm³/mol. The van der Waals surface area contributed by atoms with Gasteiger partial charge >= 0.3 is 0 Å². The van der Waals surface area contributed by atoms with Crippen LogP contribution in [-0.2, 0) is 6.42 Å². The van der Waals surface area contributed by atoms with E-state index in [0.717, 1.165) is 5.56 Å². The largest absolute Gasteiger partial charge is 0.496 e. The van der Waals surface area contributed by atoms with Crippen molar-refractivity contribution in [1.29, 1.82) is 0 Å². The molecular formula is C12H18O5. The number of hydrogen-bond acceptors (Lipinski definition) is 5. The molecule has 0 saturated heterocycles. The van der Waals surface area contributed by atoms with Crippen LogP contribution in [0, 0.1) is 0 Å². The Kier molecular flexibility index (Phi) is 5.06. The van der Waals surface area contributed by atoms with Gasteiger partial charge in [-0.2, -0.15) is 0 Å². The van der Waals surface area contributed by atoms with Crippen LogP contribution in [0.25, 0.3) is 0 Å². The summed E-state index contributed by atoms with van der Waals surface area (Å²) in [6.45, 7) is -0.294. The van der Waals surface area contributed by atoms with Crippen molar-refractivity contribution < 1.29 is 24.4 Å². The van der Waals surface area contributed by atoms with E-state index >= 15 is 0 Å². The zero-order chi connectivity index (χ0) is 12.8. The molecular weight excluding hydrogens is 224 g/mol. The molecule has 0 heterocycles. The van der Waals surface area contributed by atoms with Gasteiger partial charge in [0.15, 0.2) is 11.5 Å². The molecule has 0 aromatic heterocycles. The molecule has 0 radical (unpaired) electrons. The summed E-state index contributed by atoms with van der Waals surface area (Å²) >= 11 is 0. The predicted octanol–water partition coefficient (Wildman–Crippen LogP) is 0.608. The number of methoxy groups -OCH3 is 3. The summed E-state index contributed by atoms with van der Waals surface area (Å²) in [4.78, 5) is 0. The molecule has 0 aliphatic heterocycles. The standard InChI is InChI=1S/C12H18O5/c1-15-10-6-12(17-3)11(16-2)5-8(10)4-9(14)7-13/h5-6,9,13-14H,4,7H2,1-3H3/t9-/m0/s1. The third-order valence-corrected chi connectivity index (χ3v) is 2.45.